The van der Waals surface area contributed by atoms with E-state index in [0.717, 1.165) is 18.0 Å². The van der Waals surface area contributed by atoms with Crippen molar-refractivity contribution in [1.29, 1.82) is 0 Å². The van der Waals surface area contributed by atoms with Crippen LogP contribution in [0.1, 0.15) is 5.56 Å². The van der Waals surface area contributed by atoms with Crippen LogP contribution in [-0.2, 0) is 6.54 Å². The van der Waals surface area contributed by atoms with Crippen molar-refractivity contribution in [3.63, 3.8) is 0 Å². The molecule has 1 aliphatic rings. The standard InChI is InChI=1S/C11H16N2O2/c1-13(8-12)7-9-2-3-10-11(6-9)15-5-4-14-10/h2-3,6H,4-5,7-8,12H2,1H3. The Kier molecular flexibility index (Phi) is 3.08. The summed E-state index contributed by atoms with van der Waals surface area (Å²) in [5.74, 6) is 1.67. The molecule has 0 aliphatic carbocycles. The maximum atomic E-state index is 5.53. The van der Waals surface area contributed by atoms with Crippen LogP contribution in [0.15, 0.2) is 18.2 Å². The number of ether oxygens (including phenoxy) is 2. The van der Waals surface area contributed by atoms with E-state index in [-0.39, 0.29) is 0 Å². The number of nitrogens with zero attached hydrogens (tertiary/aromatic N) is 1. The van der Waals surface area contributed by atoms with Crippen molar-refractivity contribution >= 4 is 0 Å². The molecule has 0 aromatic heterocycles. The fourth-order valence-electron chi connectivity index (χ4n) is 1.56. The van der Waals surface area contributed by atoms with Gasteiger partial charge in [0.05, 0.1) is 0 Å². The number of nitrogens with two attached hydrogens (primary N) is 1. The quantitative estimate of drug-likeness (QED) is 0.747. The van der Waals surface area contributed by atoms with Crippen LogP contribution < -0.4 is 15.2 Å². The van der Waals surface area contributed by atoms with Crippen LogP contribution in [0.25, 0.3) is 0 Å². The van der Waals surface area contributed by atoms with E-state index < -0.39 is 0 Å². The molecule has 0 saturated carbocycles. The summed E-state index contributed by atoms with van der Waals surface area (Å²) in [4.78, 5) is 2.03. The summed E-state index contributed by atoms with van der Waals surface area (Å²) in [6.45, 7) is 2.64. The van der Waals surface area contributed by atoms with Gasteiger partial charge in [-0.25, -0.2) is 0 Å². The summed E-state index contributed by atoms with van der Waals surface area (Å²) in [6, 6.07) is 6.01. The summed E-state index contributed by atoms with van der Waals surface area (Å²) in [6.07, 6.45) is 0. The molecule has 0 unspecified atom stereocenters. The van der Waals surface area contributed by atoms with Crippen LogP contribution in [0.5, 0.6) is 11.5 Å². The lowest BCUT2D eigenvalue weighted by Crippen LogP contribution is -2.25. The largest absolute Gasteiger partial charge is 0.486 e. The van der Waals surface area contributed by atoms with E-state index in [1.165, 1.54) is 5.56 Å². The van der Waals surface area contributed by atoms with Crippen LogP contribution in [-0.4, -0.2) is 31.8 Å². The highest BCUT2D eigenvalue weighted by Gasteiger charge is 2.11. The van der Waals surface area contributed by atoms with Gasteiger partial charge in [-0.3, -0.25) is 4.90 Å². The van der Waals surface area contributed by atoms with Gasteiger partial charge in [0.1, 0.15) is 13.2 Å². The summed E-state index contributed by atoms with van der Waals surface area (Å²) >= 11 is 0. The second kappa shape index (κ2) is 4.51. The van der Waals surface area contributed by atoms with Gasteiger partial charge in [-0.1, -0.05) is 6.07 Å². The van der Waals surface area contributed by atoms with Crippen molar-refractivity contribution in [2.45, 2.75) is 6.54 Å². The maximum Gasteiger partial charge on any atom is 0.161 e. The van der Waals surface area contributed by atoms with E-state index >= 15 is 0 Å². The topological polar surface area (TPSA) is 47.7 Å². The minimum absolute atomic E-state index is 0.550. The Balaban J connectivity index is 2.13. The Bertz CT molecular complexity index is 341. The SMILES string of the molecule is CN(CN)Cc1ccc2c(c1)OCCO2. The molecule has 0 bridgehead atoms. The molecule has 0 saturated heterocycles. The lowest BCUT2D eigenvalue weighted by atomic mass is 10.2. The summed E-state index contributed by atoms with van der Waals surface area (Å²) in [5.41, 5.74) is 6.71. The molecule has 82 valence electrons. The molecule has 1 aromatic rings. The molecule has 4 nitrogen and oxygen atoms in total. The summed E-state index contributed by atoms with van der Waals surface area (Å²) in [7, 11) is 1.98. The molecular weight excluding hydrogens is 192 g/mol. The first-order valence-electron chi connectivity index (χ1n) is 5.07. The molecule has 1 aliphatic heterocycles. The van der Waals surface area contributed by atoms with Crippen molar-refractivity contribution in [2.24, 2.45) is 5.73 Å². The Morgan fingerprint density at radius 3 is 2.73 bits per heavy atom. The lowest BCUT2D eigenvalue weighted by Gasteiger charge is -2.20. The Morgan fingerprint density at radius 1 is 1.27 bits per heavy atom. The van der Waals surface area contributed by atoms with Crippen molar-refractivity contribution < 1.29 is 9.47 Å². The van der Waals surface area contributed by atoms with Gasteiger partial charge in [-0.2, -0.15) is 0 Å². The van der Waals surface area contributed by atoms with Gasteiger partial charge < -0.3 is 15.2 Å². The third kappa shape index (κ3) is 2.40. The average molecular weight is 208 g/mol. The Hall–Kier alpha value is -1.26. The zero-order chi connectivity index (χ0) is 10.7. The van der Waals surface area contributed by atoms with E-state index in [0.29, 0.717) is 19.9 Å². The van der Waals surface area contributed by atoms with Crippen molar-refractivity contribution in [3.8, 4) is 11.5 Å². The second-order valence-electron chi connectivity index (χ2n) is 3.67. The minimum atomic E-state index is 0.550. The van der Waals surface area contributed by atoms with Crippen molar-refractivity contribution in [2.75, 3.05) is 26.9 Å². The maximum absolute atomic E-state index is 5.53. The number of hydrogen-bond acceptors (Lipinski definition) is 4. The van der Waals surface area contributed by atoms with Crippen LogP contribution in [0.3, 0.4) is 0 Å². The normalized spacial score (nSPS) is 14.3. The number of fused-ring (bicyclic) bond motifs is 1. The van der Waals surface area contributed by atoms with Gasteiger partial charge in [0, 0.05) is 13.2 Å². The summed E-state index contributed by atoms with van der Waals surface area (Å²) < 4.78 is 11.0. The van der Waals surface area contributed by atoms with E-state index in [9.17, 15) is 0 Å². The highest BCUT2D eigenvalue weighted by molar-refractivity contribution is 5.43. The molecule has 0 fully saturated rings. The predicted octanol–water partition coefficient (Wildman–Crippen LogP) is 0.806. The molecule has 1 heterocycles. The molecule has 0 amide bonds. The zero-order valence-electron chi connectivity index (χ0n) is 8.90. The van der Waals surface area contributed by atoms with Crippen LogP contribution in [0, 0.1) is 0 Å². The molecule has 2 N–H and O–H groups in total. The van der Waals surface area contributed by atoms with Gasteiger partial charge in [-0.05, 0) is 24.7 Å². The smallest absolute Gasteiger partial charge is 0.161 e. The van der Waals surface area contributed by atoms with E-state index in [1.807, 2.05) is 30.1 Å². The Morgan fingerprint density at radius 2 is 2.00 bits per heavy atom. The number of rotatable bonds is 3. The average Bonchev–Trinajstić information content (AvgIpc) is 2.29. The van der Waals surface area contributed by atoms with Gasteiger partial charge in [0.15, 0.2) is 11.5 Å². The Labute approximate surface area is 89.6 Å². The fourth-order valence-corrected chi connectivity index (χ4v) is 1.56. The zero-order valence-corrected chi connectivity index (χ0v) is 8.90. The van der Waals surface area contributed by atoms with Crippen molar-refractivity contribution in [1.82, 2.24) is 4.90 Å². The number of benzene rings is 1. The monoisotopic (exact) mass is 208 g/mol. The third-order valence-corrected chi connectivity index (χ3v) is 2.37. The first-order chi connectivity index (χ1) is 7.29. The fraction of sp³-hybridized carbons (Fsp3) is 0.455. The van der Waals surface area contributed by atoms with E-state index in [1.54, 1.807) is 0 Å². The van der Waals surface area contributed by atoms with Gasteiger partial charge in [-0.15, -0.1) is 0 Å². The van der Waals surface area contributed by atoms with Gasteiger partial charge in [0.2, 0.25) is 0 Å². The van der Waals surface area contributed by atoms with E-state index in [4.69, 9.17) is 15.2 Å². The second-order valence-corrected chi connectivity index (χ2v) is 3.67. The molecule has 15 heavy (non-hydrogen) atoms. The molecule has 4 heteroatoms. The number of hydrogen-bond donors (Lipinski definition) is 1. The molecule has 1 aromatic carbocycles. The first-order valence-corrected chi connectivity index (χ1v) is 5.07. The van der Waals surface area contributed by atoms with Gasteiger partial charge >= 0.3 is 0 Å². The third-order valence-electron chi connectivity index (χ3n) is 2.37. The molecule has 0 radical (unpaired) electrons. The van der Waals surface area contributed by atoms with E-state index in [2.05, 4.69) is 0 Å². The van der Waals surface area contributed by atoms with Crippen LogP contribution >= 0.6 is 0 Å². The van der Waals surface area contributed by atoms with Crippen LogP contribution in [0.2, 0.25) is 0 Å². The first kappa shape index (κ1) is 10.3. The van der Waals surface area contributed by atoms with Crippen molar-refractivity contribution in [3.05, 3.63) is 23.8 Å². The van der Waals surface area contributed by atoms with Gasteiger partial charge in [0.25, 0.3) is 0 Å². The minimum Gasteiger partial charge on any atom is -0.486 e. The highest BCUT2D eigenvalue weighted by atomic mass is 16.6. The lowest BCUT2D eigenvalue weighted by molar-refractivity contribution is 0.171. The molecular formula is C11H16N2O2. The summed E-state index contributed by atoms with van der Waals surface area (Å²) in [5, 5.41) is 0. The predicted molar refractivity (Wildman–Crippen MR) is 58.0 cm³/mol. The highest BCUT2D eigenvalue weighted by Crippen LogP contribution is 2.30. The molecule has 0 spiro atoms. The van der Waals surface area contributed by atoms with Crippen LogP contribution in [0.4, 0.5) is 0 Å². The molecule has 0 atom stereocenters. The molecule has 2 rings (SSSR count).